The SMILES string of the molecule is COc1c(C)cc(CC2(N)CC2)cc1C#N. The fraction of sp³-hybridized carbons (Fsp3) is 0.462. The van der Waals surface area contributed by atoms with Gasteiger partial charge >= 0.3 is 0 Å². The lowest BCUT2D eigenvalue weighted by Gasteiger charge is -2.12. The van der Waals surface area contributed by atoms with Crippen LogP contribution in [0.3, 0.4) is 0 Å². The first kappa shape index (κ1) is 11.0. The highest BCUT2D eigenvalue weighted by molar-refractivity contribution is 5.50. The van der Waals surface area contributed by atoms with Gasteiger partial charge in [-0.1, -0.05) is 6.07 Å². The van der Waals surface area contributed by atoms with Crippen LogP contribution in [0, 0.1) is 18.3 Å². The van der Waals surface area contributed by atoms with Crippen molar-refractivity contribution < 1.29 is 4.74 Å². The fourth-order valence-electron chi connectivity index (χ4n) is 2.05. The minimum Gasteiger partial charge on any atom is -0.495 e. The third kappa shape index (κ3) is 2.02. The highest BCUT2D eigenvalue weighted by Crippen LogP contribution is 2.36. The van der Waals surface area contributed by atoms with E-state index in [1.807, 2.05) is 13.0 Å². The van der Waals surface area contributed by atoms with E-state index in [0.29, 0.717) is 11.3 Å². The molecule has 1 aromatic carbocycles. The van der Waals surface area contributed by atoms with Crippen molar-refractivity contribution in [2.24, 2.45) is 5.73 Å². The molecule has 0 bridgehead atoms. The summed E-state index contributed by atoms with van der Waals surface area (Å²) in [4.78, 5) is 0. The van der Waals surface area contributed by atoms with Crippen LogP contribution < -0.4 is 10.5 Å². The van der Waals surface area contributed by atoms with Gasteiger partial charge in [-0.15, -0.1) is 0 Å². The lowest BCUT2D eigenvalue weighted by molar-refractivity contribution is 0.410. The third-order valence-electron chi connectivity index (χ3n) is 3.11. The molecular weight excluding hydrogens is 200 g/mol. The predicted octanol–water partition coefficient (Wildman–Crippen LogP) is 1.91. The van der Waals surface area contributed by atoms with Gasteiger partial charge in [0, 0.05) is 5.54 Å². The van der Waals surface area contributed by atoms with Gasteiger partial charge in [-0.2, -0.15) is 5.26 Å². The van der Waals surface area contributed by atoms with Gasteiger partial charge in [0.05, 0.1) is 12.7 Å². The normalized spacial score (nSPS) is 16.6. The van der Waals surface area contributed by atoms with Gasteiger partial charge < -0.3 is 10.5 Å². The molecule has 0 heterocycles. The Kier molecular flexibility index (Phi) is 2.61. The average molecular weight is 216 g/mol. The number of nitrogens with zero attached hydrogens (tertiary/aromatic N) is 1. The highest BCUT2D eigenvalue weighted by Gasteiger charge is 2.38. The number of benzene rings is 1. The van der Waals surface area contributed by atoms with Crippen LogP contribution in [-0.2, 0) is 6.42 Å². The second kappa shape index (κ2) is 3.80. The largest absolute Gasteiger partial charge is 0.495 e. The monoisotopic (exact) mass is 216 g/mol. The zero-order valence-electron chi connectivity index (χ0n) is 9.71. The predicted molar refractivity (Wildman–Crippen MR) is 62.3 cm³/mol. The molecular formula is C13H16N2O. The average Bonchev–Trinajstić information content (AvgIpc) is 2.95. The summed E-state index contributed by atoms with van der Waals surface area (Å²) >= 11 is 0. The molecule has 0 spiro atoms. The highest BCUT2D eigenvalue weighted by atomic mass is 16.5. The van der Waals surface area contributed by atoms with Crippen LogP contribution in [0.25, 0.3) is 0 Å². The number of ether oxygens (including phenoxy) is 1. The van der Waals surface area contributed by atoms with E-state index in [4.69, 9.17) is 15.7 Å². The molecule has 1 saturated carbocycles. The van der Waals surface area contributed by atoms with E-state index in [1.54, 1.807) is 7.11 Å². The number of nitriles is 1. The van der Waals surface area contributed by atoms with Crippen molar-refractivity contribution in [3.8, 4) is 11.8 Å². The minimum absolute atomic E-state index is 0.0201. The van der Waals surface area contributed by atoms with Gasteiger partial charge in [-0.05, 0) is 43.4 Å². The molecule has 2 rings (SSSR count). The quantitative estimate of drug-likeness (QED) is 0.839. The summed E-state index contributed by atoms with van der Waals surface area (Å²) in [6, 6.07) is 6.12. The van der Waals surface area contributed by atoms with Crippen molar-refractivity contribution in [1.29, 1.82) is 5.26 Å². The zero-order valence-corrected chi connectivity index (χ0v) is 9.71. The minimum atomic E-state index is -0.0201. The maximum Gasteiger partial charge on any atom is 0.139 e. The number of methoxy groups -OCH3 is 1. The summed E-state index contributed by atoms with van der Waals surface area (Å²) in [6.45, 7) is 1.96. The Labute approximate surface area is 95.8 Å². The number of hydrogen-bond acceptors (Lipinski definition) is 3. The Morgan fingerprint density at radius 3 is 2.69 bits per heavy atom. The maximum absolute atomic E-state index is 9.05. The first-order chi connectivity index (χ1) is 7.58. The van der Waals surface area contributed by atoms with Crippen molar-refractivity contribution in [3.63, 3.8) is 0 Å². The molecule has 3 heteroatoms. The number of aryl methyl sites for hydroxylation is 1. The van der Waals surface area contributed by atoms with Crippen LogP contribution in [0.4, 0.5) is 0 Å². The Hall–Kier alpha value is -1.53. The molecule has 1 aromatic rings. The molecule has 0 unspecified atom stereocenters. The van der Waals surface area contributed by atoms with Gasteiger partial charge in [0.1, 0.15) is 11.8 Å². The number of nitrogens with two attached hydrogens (primary N) is 1. The Balaban J connectivity index is 2.34. The molecule has 16 heavy (non-hydrogen) atoms. The molecule has 0 aromatic heterocycles. The van der Waals surface area contributed by atoms with Crippen molar-refractivity contribution in [2.45, 2.75) is 31.7 Å². The van der Waals surface area contributed by atoms with Crippen LogP contribution >= 0.6 is 0 Å². The Morgan fingerprint density at radius 1 is 1.50 bits per heavy atom. The van der Waals surface area contributed by atoms with Gasteiger partial charge in [-0.25, -0.2) is 0 Å². The lowest BCUT2D eigenvalue weighted by atomic mass is 9.99. The molecule has 1 aliphatic rings. The van der Waals surface area contributed by atoms with Crippen molar-refractivity contribution in [3.05, 3.63) is 28.8 Å². The first-order valence-corrected chi connectivity index (χ1v) is 5.44. The van der Waals surface area contributed by atoms with Crippen molar-refractivity contribution in [1.82, 2.24) is 0 Å². The topological polar surface area (TPSA) is 59.0 Å². The molecule has 0 saturated heterocycles. The zero-order chi connectivity index (χ0) is 11.8. The van der Waals surface area contributed by atoms with E-state index in [9.17, 15) is 0 Å². The van der Waals surface area contributed by atoms with E-state index < -0.39 is 0 Å². The smallest absolute Gasteiger partial charge is 0.139 e. The van der Waals surface area contributed by atoms with Crippen LogP contribution in [0.1, 0.15) is 29.5 Å². The standard InChI is InChI=1S/C13H16N2O/c1-9-5-10(7-13(15)3-4-13)6-11(8-14)12(9)16-2/h5-6H,3-4,7,15H2,1-2H3. The van der Waals surface area contributed by atoms with E-state index >= 15 is 0 Å². The van der Waals surface area contributed by atoms with Crippen LogP contribution in [0.2, 0.25) is 0 Å². The second-order valence-corrected chi connectivity index (χ2v) is 4.64. The molecule has 84 valence electrons. The van der Waals surface area contributed by atoms with Crippen molar-refractivity contribution >= 4 is 0 Å². The summed E-state index contributed by atoms with van der Waals surface area (Å²) in [5.41, 5.74) is 8.79. The summed E-state index contributed by atoms with van der Waals surface area (Å²) in [7, 11) is 1.59. The lowest BCUT2D eigenvalue weighted by Crippen LogP contribution is -2.24. The Bertz CT molecular complexity index is 456. The van der Waals surface area contributed by atoms with Gasteiger partial charge in [0.15, 0.2) is 0 Å². The molecule has 2 N–H and O–H groups in total. The van der Waals surface area contributed by atoms with Gasteiger partial charge in [-0.3, -0.25) is 0 Å². The van der Waals surface area contributed by atoms with Gasteiger partial charge in [0.2, 0.25) is 0 Å². The summed E-state index contributed by atoms with van der Waals surface area (Å²) in [5, 5.41) is 9.05. The molecule has 0 radical (unpaired) electrons. The molecule has 1 fully saturated rings. The third-order valence-corrected chi connectivity index (χ3v) is 3.11. The van der Waals surface area contributed by atoms with E-state index in [2.05, 4.69) is 12.1 Å². The van der Waals surface area contributed by atoms with Crippen LogP contribution in [0.15, 0.2) is 12.1 Å². The van der Waals surface area contributed by atoms with E-state index in [-0.39, 0.29) is 5.54 Å². The molecule has 0 amide bonds. The van der Waals surface area contributed by atoms with E-state index in [0.717, 1.165) is 30.4 Å². The maximum atomic E-state index is 9.05. The molecule has 0 atom stereocenters. The summed E-state index contributed by atoms with van der Waals surface area (Å²) in [6.07, 6.45) is 3.02. The van der Waals surface area contributed by atoms with Crippen LogP contribution in [0.5, 0.6) is 5.75 Å². The number of hydrogen-bond donors (Lipinski definition) is 1. The Morgan fingerprint density at radius 2 is 2.19 bits per heavy atom. The first-order valence-electron chi connectivity index (χ1n) is 5.44. The summed E-state index contributed by atoms with van der Waals surface area (Å²) < 4.78 is 5.21. The number of rotatable bonds is 3. The summed E-state index contributed by atoms with van der Waals surface area (Å²) in [5.74, 6) is 0.674. The second-order valence-electron chi connectivity index (χ2n) is 4.64. The van der Waals surface area contributed by atoms with E-state index in [1.165, 1.54) is 0 Å². The van der Waals surface area contributed by atoms with Crippen molar-refractivity contribution in [2.75, 3.05) is 7.11 Å². The van der Waals surface area contributed by atoms with Gasteiger partial charge in [0.25, 0.3) is 0 Å². The van der Waals surface area contributed by atoms with Crippen LogP contribution in [-0.4, -0.2) is 12.6 Å². The molecule has 1 aliphatic carbocycles. The molecule has 0 aliphatic heterocycles. The molecule has 3 nitrogen and oxygen atoms in total. The fourth-order valence-corrected chi connectivity index (χ4v) is 2.05.